The predicted molar refractivity (Wildman–Crippen MR) is 98.7 cm³/mol. The monoisotopic (exact) mass is 381 g/mol. The quantitative estimate of drug-likeness (QED) is 0.701. The smallest absolute Gasteiger partial charge is 0.201 e. The average molecular weight is 382 g/mol. The van der Waals surface area contributed by atoms with Crippen molar-refractivity contribution >= 4 is 0 Å². The Bertz CT molecular complexity index is 555. The van der Waals surface area contributed by atoms with E-state index >= 15 is 0 Å². The highest BCUT2D eigenvalue weighted by Gasteiger charge is 2.69. The van der Waals surface area contributed by atoms with Crippen LogP contribution in [0.5, 0.6) is 0 Å². The second-order valence-electron chi connectivity index (χ2n) is 9.69. The summed E-state index contributed by atoms with van der Waals surface area (Å²) in [5.41, 5.74) is -0.428. The second-order valence-corrected chi connectivity index (χ2v) is 9.69. The van der Waals surface area contributed by atoms with Crippen molar-refractivity contribution in [2.45, 2.75) is 76.7 Å². The molecule has 1 saturated carbocycles. The fourth-order valence-electron chi connectivity index (χ4n) is 6.44. The lowest BCUT2D eigenvalue weighted by Gasteiger charge is -2.60. The molecule has 0 radical (unpaired) electrons. The topological polar surface area (TPSA) is 49.4 Å². The van der Waals surface area contributed by atoms with Crippen LogP contribution in [0.15, 0.2) is 0 Å². The van der Waals surface area contributed by atoms with Gasteiger partial charge in [0.25, 0.3) is 0 Å². The standard InChI is InChI=1S/C21H35NO5/c1-14-4-5-17-15(2)18(7-9-22-10-12-23-13-11-22)24-19-21(17)16(14)6-8-20(3,25-19)26-27-21/h14-19H,4-13H2,1-3H3/t14-,15-,16+,17+,18-,19-,20+,21-/m1/s1. The van der Waals surface area contributed by atoms with Gasteiger partial charge >= 0.3 is 0 Å². The van der Waals surface area contributed by atoms with Crippen molar-refractivity contribution < 1.29 is 24.0 Å². The van der Waals surface area contributed by atoms with Crippen LogP contribution in [0, 0.1) is 23.7 Å². The molecular weight excluding hydrogens is 346 g/mol. The Hall–Kier alpha value is -0.240. The zero-order chi connectivity index (χ0) is 18.6. The van der Waals surface area contributed by atoms with Crippen LogP contribution < -0.4 is 0 Å². The molecule has 6 rings (SSSR count). The average Bonchev–Trinajstić information content (AvgIpc) is 2.90. The Balaban J connectivity index is 1.38. The third-order valence-corrected chi connectivity index (χ3v) is 8.13. The number of hydrogen-bond acceptors (Lipinski definition) is 6. The molecular formula is C21H35NO5. The lowest BCUT2D eigenvalue weighted by molar-refractivity contribution is -0.571. The lowest BCUT2D eigenvalue weighted by Crippen LogP contribution is -2.70. The largest absolute Gasteiger partial charge is 0.379 e. The summed E-state index contributed by atoms with van der Waals surface area (Å²) in [5, 5.41) is 0. The van der Waals surface area contributed by atoms with E-state index in [1.807, 2.05) is 6.92 Å². The minimum atomic E-state index is -0.674. The van der Waals surface area contributed by atoms with E-state index in [9.17, 15) is 0 Å². The molecule has 6 nitrogen and oxygen atoms in total. The molecule has 1 aliphatic carbocycles. The molecule has 154 valence electrons. The molecule has 0 aromatic rings. The maximum absolute atomic E-state index is 6.66. The van der Waals surface area contributed by atoms with Gasteiger partial charge in [0.1, 0.15) is 0 Å². The van der Waals surface area contributed by atoms with Crippen molar-refractivity contribution in [1.29, 1.82) is 0 Å². The highest BCUT2D eigenvalue weighted by Crippen LogP contribution is 2.60. The molecule has 5 saturated heterocycles. The third-order valence-electron chi connectivity index (χ3n) is 8.13. The molecule has 0 N–H and O–H groups in total. The number of fused-ring (bicyclic) bond motifs is 2. The molecule has 1 spiro atoms. The summed E-state index contributed by atoms with van der Waals surface area (Å²) in [6.45, 7) is 11.6. The zero-order valence-corrected chi connectivity index (χ0v) is 17.0. The molecule has 0 aromatic carbocycles. The lowest BCUT2D eigenvalue weighted by atomic mass is 9.57. The van der Waals surface area contributed by atoms with Crippen molar-refractivity contribution in [3.8, 4) is 0 Å². The SMILES string of the molecule is C[C@H]1[C@@H](CCN2CCOCC2)O[C@@H]2O[C@]3(C)CC[C@H]4[C@H](C)CC[C@@H]1[C@@]24OO3. The van der Waals surface area contributed by atoms with Crippen molar-refractivity contribution in [2.75, 3.05) is 32.8 Å². The first-order valence-electron chi connectivity index (χ1n) is 11.0. The Morgan fingerprint density at radius 1 is 1.00 bits per heavy atom. The summed E-state index contributed by atoms with van der Waals surface area (Å²) < 4.78 is 18.6. The number of rotatable bonds is 3. The first kappa shape index (κ1) is 18.8. The van der Waals surface area contributed by atoms with Gasteiger partial charge in [-0.05, 0) is 50.4 Å². The number of morpholine rings is 1. The van der Waals surface area contributed by atoms with Crippen molar-refractivity contribution in [3.63, 3.8) is 0 Å². The van der Waals surface area contributed by atoms with Crippen LogP contribution in [0.1, 0.15) is 52.9 Å². The van der Waals surface area contributed by atoms with Gasteiger partial charge in [-0.3, -0.25) is 4.90 Å². The first-order valence-corrected chi connectivity index (χ1v) is 11.0. The second kappa shape index (κ2) is 6.92. The maximum atomic E-state index is 6.66. The molecule has 27 heavy (non-hydrogen) atoms. The summed E-state index contributed by atoms with van der Waals surface area (Å²) in [6.07, 6.45) is 5.38. The van der Waals surface area contributed by atoms with Crippen LogP contribution in [-0.2, 0) is 24.0 Å². The van der Waals surface area contributed by atoms with E-state index in [2.05, 4.69) is 18.7 Å². The predicted octanol–water partition coefficient (Wildman–Crippen LogP) is 2.96. The summed E-state index contributed by atoms with van der Waals surface area (Å²) in [4.78, 5) is 14.6. The molecule has 6 heteroatoms. The molecule has 6 aliphatic rings. The van der Waals surface area contributed by atoms with E-state index in [-0.39, 0.29) is 12.4 Å². The summed E-state index contributed by atoms with van der Waals surface area (Å²) in [7, 11) is 0. The normalized spacial score (nSPS) is 53.0. The van der Waals surface area contributed by atoms with Gasteiger partial charge in [0.2, 0.25) is 5.79 Å². The van der Waals surface area contributed by atoms with E-state index in [4.69, 9.17) is 24.0 Å². The number of nitrogens with zero attached hydrogens (tertiary/aromatic N) is 1. The highest BCUT2D eigenvalue weighted by atomic mass is 17.3. The zero-order valence-electron chi connectivity index (χ0n) is 17.0. The maximum Gasteiger partial charge on any atom is 0.201 e. The first-order chi connectivity index (χ1) is 13.0. The Morgan fingerprint density at radius 2 is 1.81 bits per heavy atom. The fraction of sp³-hybridized carbons (Fsp3) is 1.00. The summed E-state index contributed by atoms with van der Waals surface area (Å²) in [5.74, 6) is 1.29. The summed E-state index contributed by atoms with van der Waals surface area (Å²) in [6, 6.07) is 0. The minimum absolute atomic E-state index is 0.217. The molecule has 8 atom stereocenters. The van der Waals surface area contributed by atoms with Gasteiger partial charge in [-0.1, -0.05) is 13.8 Å². The van der Waals surface area contributed by atoms with Crippen molar-refractivity contribution in [3.05, 3.63) is 0 Å². The molecule has 0 aromatic heterocycles. The molecule has 2 bridgehead atoms. The number of hydrogen-bond donors (Lipinski definition) is 0. The van der Waals surface area contributed by atoms with Crippen LogP contribution in [-0.4, -0.2) is 61.5 Å². The van der Waals surface area contributed by atoms with Gasteiger partial charge in [-0.2, -0.15) is 0 Å². The van der Waals surface area contributed by atoms with E-state index in [1.165, 1.54) is 12.8 Å². The Kier molecular flexibility index (Phi) is 4.81. The van der Waals surface area contributed by atoms with Crippen LogP contribution in [0.3, 0.4) is 0 Å². The van der Waals surface area contributed by atoms with Crippen LogP contribution >= 0.6 is 0 Å². The minimum Gasteiger partial charge on any atom is -0.379 e. The van der Waals surface area contributed by atoms with Crippen molar-refractivity contribution in [2.24, 2.45) is 23.7 Å². The van der Waals surface area contributed by atoms with Gasteiger partial charge in [0.15, 0.2) is 11.9 Å². The van der Waals surface area contributed by atoms with E-state index in [0.29, 0.717) is 23.7 Å². The van der Waals surface area contributed by atoms with Gasteiger partial charge in [-0.25, -0.2) is 9.78 Å². The molecule has 5 heterocycles. The fourth-order valence-corrected chi connectivity index (χ4v) is 6.44. The van der Waals surface area contributed by atoms with Gasteiger partial charge in [0, 0.05) is 32.0 Å². The summed E-state index contributed by atoms with van der Waals surface area (Å²) >= 11 is 0. The molecule has 0 unspecified atom stereocenters. The van der Waals surface area contributed by atoms with Crippen LogP contribution in [0.4, 0.5) is 0 Å². The third kappa shape index (κ3) is 2.99. The van der Waals surface area contributed by atoms with Gasteiger partial charge < -0.3 is 14.2 Å². The van der Waals surface area contributed by atoms with E-state index < -0.39 is 11.4 Å². The van der Waals surface area contributed by atoms with E-state index in [0.717, 1.165) is 52.1 Å². The van der Waals surface area contributed by atoms with Gasteiger partial charge in [0.05, 0.1) is 19.3 Å². The number of ether oxygens (including phenoxy) is 3. The Morgan fingerprint density at radius 3 is 2.63 bits per heavy atom. The highest BCUT2D eigenvalue weighted by molar-refractivity contribution is 5.09. The van der Waals surface area contributed by atoms with Gasteiger partial charge in [-0.15, -0.1) is 0 Å². The molecule has 0 amide bonds. The Labute approximate surface area is 162 Å². The molecule has 5 aliphatic heterocycles. The van der Waals surface area contributed by atoms with Crippen LogP contribution in [0.25, 0.3) is 0 Å². The molecule has 6 fully saturated rings. The van der Waals surface area contributed by atoms with Crippen LogP contribution in [0.2, 0.25) is 0 Å². The van der Waals surface area contributed by atoms with E-state index in [1.54, 1.807) is 0 Å². The van der Waals surface area contributed by atoms with Crippen molar-refractivity contribution in [1.82, 2.24) is 4.90 Å².